The van der Waals surface area contributed by atoms with Crippen LogP contribution in [0.3, 0.4) is 0 Å². The zero-order valence-electron chi connectivity index (χ0n) is 16.8. The SMILES string of the molecule is C=C1CC(C)(C)CC2=C1C(C)(c1ccccc1)C(CC(C)C)=C(C)N2. The van der Waals surface area contributed by atoms with Crippen LogP contribution in [-0.2, 0) is 5.41 Å². The van der Waals surface area contributed by atoms with Crippen LogP contribution < -0.4 is 5.32 Å². The number of dihydropyridines is 1. The molecular formula is C24H33N. The molecule has 1 heterocycles. The highest BCUT2D eigenvalue weighted by molar-refractivity contribution is 5.59. The maximum atomic E-state index is 4.53. The van der Waals surface area contributed by atoms with E-state index in [4.69, 9.17) is 0 Å². The molecule has 25 heavy (non-hydrogen) atoms. The number of allylic oxidation sites excluding steroid dienone is 5. The molecule has 0 bridgehead atoms. The molecule has 1 atom stereocenters. The van der Waals surface area contributed by atoms with Crippen LogP contribution in [0.15, 0.2) is 65.0 Å². The highest BCUT2D eigenvalue weighted by atomic mass is 14.9. The van der Waals surface area contributed by atoms with Crippen LogP contribution in [0, 0.1) is 11.3 Å². The monoisotopic (exact) mass is 335 g/mol. The Morgan fingerprint density at radius 3 is 2.32 bits per heavy atom. The van der Waals surface area contributed by atoms with Gasteiger partial charge in [0, 0.05) is 16.8 Å². The predicted molar refractivity (Wildman–Crippen MR) is 108 cm³/mol. The van der Waals surface area contributed by atoms with Gasteiger partial charge in [-0.15, -0.1) is 0 Å². The Bertz CT molecular complexity index is 746. The van der Waals surface area contributed by atoms with Crippen LogP contribution >= 0.6 is 0 Å². The van der Waals surface area contributed by atoms with Crippen molar-refractivity contribution in [1.29, 1.82) is 0 Å². The van der Waals surface area contributed by atoms with Gasteiger partial charge in [-0.25, -0.2) is 0 Å². The van der Waals surface area contributed by atoms with Gasteiger partial charge in [-0.05, 0) is 66.7 Å². The molecule has 0 amide bonds. The van der Waals surface area contributed by atoms with Crippen molar-refractivity contribution in [3.05, 3.63) is 70.6 Å². The third-order valence-corrected chi connectivity index (χ3v) is 5.86. The van der Waals surface area contributed by atoms with Crippen molar-refractivity contribution in [1.82, 2.24) is 5.32 Å². The quantitative estimate of drug-likeness (QED) is 0.665. The fraction of sp³-hybridized carbons (Fsp3) is 0.500. The van der Waals surface area contributed by atoms with Crippen molar-refractivity contribution in [3.63, 3.8) is 0 Å². The Kier molecular flexibility index (Phi) is 4.47. The summed E-state index contributed by atoms with van der Waals surface area (Å²) in [6, 6.07) is 11.0. The van der Waals surface area contributed by atoms with E-state index in [-0.39, 0.29) is 10.8 Å². The predicted octanol–water partition coefficient (Wildman–Crippen LogP) is 6.50. The summed E-state index contributed by atoms with van der Waals surface area (Å²) >= 11 is 0. The maximum absolute atomic E-state index is 4.53. The number of benzene rings is 1. The number of hydrogen-bond acceptors (Lipinski definition) is 1. The Morgan fingerprint density at radius 1 is 1.08 bits per heavy atom. The van der Waals surface area contributed by atoms with Gasteiger partial charge in [0.2, 0.25) is 0 Å². The van der Waals surface area contributed by atoms with Crippen molar-refractivity contribution < 1.29 is 0 Å². The number of hydrogen-bond donors (Lipinski definition) is 1. The summed E-state index contributed by atoms with van der Waals surface area (Å²) in [6.45, 7) is 18.5. The van der Waals surface area contributed by atoms with Crippen molar-refractivity contribution in [2.45, 2.75) is 66.2 Å². The van der Waals surface area contributed by atoms with Gasteiger partial charge in [0.15, 0.2) is 0 Å². The minimum absolute atomic E-state index is 0.0796. The third-order valence-electron chi connectivity index (χ3n) is 5.86. The fourth-order valence-corrected chi connectivity index (χ4v) is 4.95. The van der Waals surface area contributed by atoms with Crippen molar-refractivity contribution in [3.8, 4) is 0 Å². The van der Waals surface area contributed by atoms with Crippen LogP contribution in [0.25, 0.3) is 0 Å². The molecular weight excluding hydrogens is 302 g/mol. The van der Waals surface area contributed by atoms with E-state index in [0.717, 1.165) is 19.3 Å². The zero-order chi connectivity index (χ0) is 18.4. The molecule has 1 aliphatic carbocycles. The largest absolute Gasteiger partial charge is 0.362 e. The van der Waals surface area contributed by atoms with E-state index in [9.17, 15) is 0 Å². The van der Waals surface area contributed by atoms with Gasteiger partial charge in [-0.3, -0.25) is 0 Å². The van der Waals surface area contributed by atoms with E-state index >= 15 is 0 Å². The summed E-state index contributed by atoms with van der Waals surface area (Å²) in [6.07, 6.45) is 3.28. The average molecular weight is 336 g/mol. The number of nitrogens with one attached hydrogen (secondary N) is 1. The maximum Gasteiger partial charge on any atom is 0.0422 e. The van der Waals surface area contributed by atoms with Gasteiger partial charge in [0.1, 0.15) is 0 Å². The van der Waals surface area contributed by atoms with Crippen molar-refractivity contribution >= 4 is 0 Å². The lowest BCUT2D eigenvalue weighted by molar-refractivity contribution is 0.326. The Morgan fingerprint density at radius 2 is 1.72 bits per heavy atom. The van der Waals surface area contributed by atoms with E-state index in [1.807, 2.05) is 0 Å². The Labute approximate surface area is 153 Å². The highest BCUT2D eigenvalue weighted by Gasteiger charge is 2.45. The second kappa shape index (κ2) is 6.20. The standard InChI is InChI=1S/C24H33N/c1-16(2)13-20-18(4)25-21-15-23(5,6)14-17(3)22(21)24(20,7)19-11-9-8-10-12-19/h8-12,16,25H,3,13-15H2,1-2,4-7H3. The zero-order valence-corrected chi connectivity index (χ0v) is 16.8. The van der Waals surface area contributed by atoms with Crippen LogP contribution in [0.1, 0.15) is 66.4 Å². The summed E-state index contributed by atoms with van der Waals surface area (Å²) in [4.78, 5) is 0. The second-order valence-corrected chi connectivity index (χ2v) is 9.29. The smallest absolute Gasteiger partial charge is 0.0422 e. The van der Waals surface area contributed by atoms with Gasteiger partial charge in [0.05, 0.1) is 0 Å². The summed E-state index contributed by atoms with van der Waals surface area (Å²) in [5, 5.41) is 3.78. The van der Waals surface area contributed by atoms with Crippen LogP contribution in [-0.4, -0.2) is 0 Å². The van der Waals surface area contributed by atoms with Crippen LogP contribution in [0.5, 0.6) is 0 Å². The molecule has 134 valence electrons. The lowest BCUT2D eigenvalue weighted by Gasteiger charge is -2.48. The first kappa shape index (κ1) is 18.0. The highest BCUT2D eigenvalue weighted by Crippen LogP contribution is 2.54. The lowest BCUT2D eigenvalue weighted by Crippen LogP contribution is -2.42. The van der Waals surface area contributed by atoms with Gasteiger partial charge in [0.25, 0.3) is 0 Å². The van der Waals surface area contributed by atoms with Gasteiger partial charge in [-0.2, -0.15) is 0 Å². The molecule has 1 aromatic rings. The Hall–Kier alpha value is -1.76. The molecule has 1 N–H and O–H groups in total. The van der Waals surface area contributed by atoms with E-state index in [1.165, 1.54) is 33.7 Å². The van der Waals surface area contributed by atoms with E-state index < -0.39 is 0 Å². The van der Waals surface area contributed by atoms with Gasteiger partial charge in [-0.1, -0.05) is 64.6 Å². The minimum atomic E-state index is -0.0796. The molecule has 0 radical (unpaired) electrons. The first-order valence-corrected chi connectivity index (χ1v) is 9.59. The van der Waals surface area contributed by atoms with E-state index in [2.05, 4.69) is 83.8 Å². The normalized spacial score (nSPS) is 26.0. The summed E-state index contributed by atoms with van der Waals surface area (Å²) in [5.41, 5.74) is 8.58. The molecule has 0 spiro atoms. The number of rotatable bonds is 3. The molecule has 3 rings (SSSR count). The molecule has 1 aromatic carbocycles. The molecule has 0 saturated heterocycles. The minimum Gasteiger partial charge on any atom is -0.362 e. The molecule has 0 aromatic heterocycles. The lowest BCUT2D eigenvalue weighted by atomic mass is 9.59. The van der Waals surface area contributed by atoms with E-state index in [0.29, 0.717) is 5.92 Å². The van der Waals surface area contributed by atoms with Crippen molar-refractivity contribution in [2.75, 3.05) is 0 Å². The molecule has 1 aliphatic heterocycles. The molecule has 1 nitrogen and oxygen atoms in total. The topological polar surface area (TPSA) is 12.0 Å². The molecule has 0 fully saturated rings. The van der Waals surface area contributed by atoms with Crippen molar-refractivity contribution in [2.24, 2.45) is 11.3 Å². The summed E-state index contributed by atoms with van der Waals surface area (Å²) in [5.74, 6) is 0.630. The first-order valence-electron chi connectivity index (χ1n) is 9.59. The Balaban J connectivity index is 2.23. The van der Waals surface area contributed by atoms with Crippen LogP contribution in [0.4, 0.5) is 0 Å². The first-order chi connectivity index (χ1) is 11.6. The van der Waals surface area contributed by atoms with Gasteiger partial charge >= 0.3 is 0 Å². The molecule has 1 heteroatoms. The molecule has 1 unspecified atom stereocenters. The van der Waals surface area contributed by atoms with Gasteiger partial charge < -0.3 is 5.32 Å². The molecule has 0 saturated carbocycles. The van der Waals surface area contributed by atoms with Crippen LogP contribution in [0.2, 0.25) is 0 Å². The average Bonchev–Trinajstić information content (AvgIpc) is 2.50. The summed E-state index contributed by atoms with van der Waals surface area (Å²) < 4.78 is 0. The molecule has 2 aliphatic rings. The van der Waals surface area contributed by atoms with E-state index in [1.54, 1.807) is 0 Å². The fourth-order valence-electron chi connectivity index (χ4n) is 4.95. The summed E-state index contributed by atoms with van der Waals surface area (Å²) in [7, 11) is 0. The second-order valence-electron chi connectivity index (χ2n) is 9.29. The third kappa shape index (κ3) is 3.10.